The van der Waals surface area contributed by atoms with Crippen molar-refractivity contribution in [1.82, 2.24) is 4.90 Å². The summed E-state index contributed by atoms with van der Waals surface area (Å²) in [6.45, 7) is 0. The first kappa shape index (κ1) is 13.9. The molecule has 0 radical (unpaired) electrons. The van der Waals surface area contributed by atoms with Crippen molar-refractivity contribution in [3.8, 4) is 0 Å². The molecular formula is C23H16N2O. The molecule has 2 atom stereocenters. The molecule has 6 rings (SSSR count). The fourth-order valence-electron chi connectivity index (χ4n) is 4.83. The lowest BCUT2D eigenvalue weighted by Gasteiger charge is -2.51. The van der Waals surface area contributed by atoms with Gasteiger partial charge in [0, 0.05) is 34.8 Å². The van der Waals surface area contributed by atoms with Gasteiger partial charge in [0.15, 0.2) is 0 Å². The fraction of sp³-hybridized carbons (Fsp3) is 0.130. The van der Waals surface area contributed by atoms with Crippen molar-refractivity contribution in [2.45, 2.75) is 12.2 Å². The Bertz CT molecular complexity index is 1180. The number of benzene rings is 3. The van der Waals surface area contributed by atoms with Gasteiger partial charge in [-0.1, -0.05) is 42.5 Å². The van der Waals surface area contributed by atoms with E-state index in [1.54, 1.807) is 0 Å². The van der Waals surface area contributed by atoms with Crippen LogP contribution in [0.5, 0.6) is 0 Å². The molecular weight excluding hydrogens is 320 g/mol. The van der Waals surface area contributed by atoms with E-state index in [1.165, 1.54) is 16.8 Å². The summed E-state index contributed by atoms with van der Waals surface area (Å²) < 4.78 is 0. The van der Waals surface area contributed by atoms with Crippen molar-refractivity contribution in [3.63, 3.8) is 0 Å². The minimum Gasteiger partial charge on any atom is -0.350 e. The maximum atomic E-state index is 13.5. The molecule has 3 aliphatic rings. The number of nitrogens with zero attached hydrogens (tertiary/aromatic N) is 2. The molecule has 0 N–H and O–H groups in total. The number of carbonyl (C=O) groups excluding carboxylic acids is 1. The highest BCUT2D eigenvalue weighted by Gasteiger charge is 2.45. The summed E-state index contributed by atoms with van der Waals surface area (Å²) in [6, 6.07) is 18.6. The maximum Gasteiger partial charge on any atom is 0.257 e. The van der Waals surface area contributed by atoms with E-state index >= 15 is 0 Å². The SMILES string of the molecule is CN1c2cccc3c2C(C=C=C3)N2C(=O)c3cccc4cccc(c34)C12. The van der Waals surface area contributed by atoms with Gasteiger partial charge in [0.25, 0.3) is 5.91 Å². The van der Waals surface area contributed by atoms with Crippen LogP contribution in [-0.2, 0) is 0 Å². The summed E-state index contributed by atoms with van der Waals surface area (Å²) in [5.74, 6) is 0.0940. The number of amides is 1. The second-order valence-electron chi connectivity index (χ2n) is 7.15. The zero-order valence-corrected chi connectivity index (χ0v) is 14.3. The third kappa shape index (κ3) is 1.52. The molecule has 3 aromatic carbocycles. The van der Waals surface area contributed by atoms with Crippen LogP contribution in [0, 0.1) is 0 Å². The Morgan fingerprint density at radius 1 is 1.00 bits per heavy atom. The summed E-state index contributed by atoms with van der Waals surface area (Å²) in [4.78, 5) is 17.8. The predicted octanol–water partition coefficient (Wildman–Crippen LogP) is 4.67. The van der Waals surface area contributed by atoms with Gasteiger partial charge < -0.3 is 9.80 Å². The van der Waals surface area contributed by atoms with Crippen LogP contribution in [0.1, 0.15) is 39.3 Å². The number of anilines is 1. The Hall–Kier alpha value is -3.29. The van der Waals surface area contributed by atoms with E-state index in [4.69, 9.17) is 0 Å². The summed E-state index contributed by atoms with van der Waals surface area (Å²) >= 11 is 0. The average Bonchev–Trinajstić information content (AvgIpc) is 2.68. The largest absolute Gasteiger partial charge is 0.350 e. The second-order valence-corrected chi connectivity index (χ2v) is 7.15. The smallest absolute Gasteiger partial charge is 0.257 e. The Morgan fingerprint density at radius 2 is 1.81 bits per heavy atom. The lowest BCUT2D eigenvalue weighted by atomic mass is 9.84. The highest BCUT2D eigenvalue weighted by molar-refractivity contribution is 6.11. The Balaban J connectivity index is 1.72. The minimum atomic E-state index is -0.106. The summed E-state index contributed by atoms with van der Waals surface area (Å²) in [7, 11) is 2.09. The number of fused-ring (bicyclic) bond motifs is 3. The number of hydrogen-bond acceptors (Lipinski definition) is 2. The zero-order chi connectivity index (χ0) is 17.4. The molecule has 1 aliphatic carbocycles. The van der Waals surface area contributed by atoms with E-state index in [0.717, 1.165) is 21.9 Å². The Kier molecular flexibility index (Phi) is 2.50. The maximum absolute atomic E-state index is 13.5. The first-order valence-corrected chi connectivity index (χ1v) is 8.88. The molecule has 2 heterocycles. The monoisotopic (exact) mass is 336 g/mol. The van der Waals surface area contributed by atoms with Crippen LogP contribution in [0.3, 0.4) is 0 Å². The fourth-order valence-corrected chi connectivity index (χ4v) is 4.83. The lowest BCUT2D eigenvalue weighted by molar-refractivity contribution is 0.0584. The molecule has 0 spiro atoms. The summed E-state index contributed by atoms with van der Waals surface area (Å²) in [6.07, 6.45) is 3.93. The van der Waals surface area contributed by atoms with Gasteiger partial charge in [0.2, 0.25) is 0 Å². The van der Waals surface area contributed by atoms with Gasteiger partial charge in [-0.3, -0.25) is 4.79 Å². The molecule has 3 nitrogen and oxygen atoms in total. The Labute approximate surface area is 151 Å². The Morgan fingerprint density at radius 3 is 2.69 bits per heavy atom. The van der Waals surface area contributed by atoms with Crippen molar-refractivity contribution in [3.05, 3.63) is 88.7 Å². The van der Waals surface area contributed by atoms with Crippen molar-refractivity contribution >= 4 is 28.4 Å². The lowest BCUT2D eigenvalue weighted by Crippen LogP contribution is -2.51. The molecule has 0 bridgehead atoms. The minimum absolute atomic E-state index is 0.0801. The third-order valence-electron chi connectivity index (χ3n) is 5.90. The topological polar surface area (TPSA) is 23.6 Å². The first-order valence-electron chi connectivity index (χ1n) is 8.88. The normalized spacial score (nSPS) is 21.8. The zero-order valence-electron chi connectivity index (χ0n) is 14.3. The molecule has 26 heavy (non-hydrogen) atoms. The van der Waals surface area contributed by atoms with Crippen LogP contribution >= 0.6 is 0 Å². The van der Waals surface area contributed by atoms with E-state index in [9.17, 15) is 4.79 Å². The van der Waals surface area contributed by atoms with Crippen molar-refractivity contribution < 1.29 is 4.79 Å². The number of rotatable bonds is 0. The van der Waals surface area contributed by atoms with Crippen LogP contribution in [0.15, 0.2) is 66.4 Å². The van der Waals surface area contributed by atoms with Gasteiger partial charge in [-0.2, -0.15) is 0 Å². The molecule has 0 saturated heterocycles. The van der Waals surface area contributed by atoms with Gasteiger partial charge in [-0.15, -0.1) is 5.73 Å². The van der Waals surface area contributed by atoms with E-state index < -0.39 is 0 Å². The first-order chi connectivity index (χ1) is 12.8. The van der Waals surface area contributed by atoms with Gasteiger partial charge in [0.1, 0.15) is 6.17 Å². The highest BCUT2D eigenvalue weighted by atomic mass is 16.2. The molecule has 2 aliphatic heterocycles. The molecule has 1 amide bonds. The standard InChI is InChI=1S/C23H16N2O/c1-24-18-12-4-8-15-9-5-13-19(21(15)18)25-22(24)16-10-2-6-14-7-3-11-17(20(14)16)23(25)26/h2-4,6-13,19,22H,1H3. The van der Waals surface area contributed by atoms with Crippen LogP contribution < -0.4 is 4.90 Å². The quantitative estimate of drug-likeness (QED) is 0.557. The number of hydrogen-bond donors (Lipinski definition) is 0. The molecule has 0 aromatic heterocycles. The predicted molar refractivity (Wildman–Crippen MR) is 103 cm³/mol. The van der Waals surface area contributed by atoms with E-state index in [-0.39, 0.29) is 18.1 Å². The molecule has 0 saturated carbocycles. The van der Waals surface area contributed by atoms with E-state index in [2.05, 4.69) is 60.1 Å². The third-order valence-corrected chi connectivity index (χ3v) is 5.90. The second kappa shape index (κ2) is 4.66. The van der Waals surface area contributed by atoms with Crippen LogP contribution in [0.4, 0.5) is 5.69 Å². The van der Waals surface area contributed by atoms with Crippen LogP contribution in [0.2, 0.25) is 0 Å². The molecule has 3 heteroatoms. The molecule has 124 valence electrons. The van der Waals surface area contributed by atoms with Gasteiger partial charge in [-0.25, -0.2) is 0 Å². The van der Waals surface area contributed by atoms with Gasteiger partial charge >= 0.3 is 0 Å². The molecule has 0 fully saturated rings. The highest BCUT2D eigenvalue weighted by Crippen LogP contribution is 2.51. The van der Waals surface area contributed by atoms with Gasteiger partial charge in [-0.05, 0) is 35.2 Å². The molecule has 2 unspecified atom stereocenters. The van der Waals surface area contributed by atoms with E-state index in [0.29, 0.717) is 0 Å². The van der Waals surface area contributed by atoms with Crippen molar-refractivity contribution in [2.24, 2.45) is 0 Å². The number of carbonyl (C=O) groups is 1. The van der Waals surface area contributed by atoms with Gasteiger partial charge in [0.05, 0.1) is 6.04 Å². The summed E-state index contributed by atoms with van der Waals surface area (Å²) in [5.41, 5.74) is 8.78. The average molecular weight is 336 g/mol. The van der Waals surface area contributed by atoms with Crippen LogP contribution in [0.25, 0.3) is 16.8 Å². The van der Waals surface area contributed by atoms with Crippen molar-refractivity contribution in [2.75, 3.05) is 11.9 Å². The summed E-state index contributed by atoms with van der Waals surface area (Å²) in [5, 5.41) is 2.21. The van der Waals surface area contributed by atoms with Crippen molar-refractivity contribution in [1.29, 1.82) is 0 Å². The van der Waals surface area contributed by atoms with Crippen LogP contribution in [-0.4, -0.2) is 17.9 Å². The van der Waals surface area contributed by atoms with E-state index in [1.807, 2.05) is 29.2 Å². The molecule has 3 aromatic rings.